The lowest BCUT2D eigenvalue weighted by atomic mass is 10.0. The van der Waals surface area contributed by atoms with E-state index in [1.807, 2.05) is 0 Å². The molecule has 0 aromatic heterocycles. The van der Waals surface area contributed by atoms with Crippen LogP contribution in [-0.4, -0.2) is 62.2 Å². The van der Waals surface area contributed by atoms with Gasteiger partial charge in [0.15, 0.2) is 0 Å². The van der Waals surface area contributed by atoms with Crippen LogP contribution in [0, 0.1) is 0 Å². The van der Waals surface area contributed by atoms with Gasteiger partial charge in [0.2, 0.25) is 0 Å². The van der Waals surface area contributed by atoms with Gasteiger partial charge in [-0.1, -0.05) is 18.2 Å². The molecule has 1 atom stereocenters. The lowest BCUT2D eigenvalue weighted by Gasteiger charge is -2.35. The molecule has 1 heterocycles. The van der Waals surface area contributed by atoms with Crippen LogP contribution in [0.3, 0.4) is 0 Å². The smallest absolute Gasteiger partial charge is 0.409 e. The quantitative estimate of drug-likeness (QED) is 0.752. The zero-order valence-corrected chi connectivity index (χ0v) is 14.0. The van der Waals surface area contributed by atoms with E-state index in [0.29, 0.717) is 12.6 Å². The van der Waals surface area contributed by atoms with Crippen molar-refractivity contribution in [1.82, 2.24) is 10.2 Å². The predicted molar refractivity (Wildman–Crippen MR) is 91.0 cm³/mol. The maximum absolute atomic E-state index is 11.1. The zero-order valence-electron chi connectivity index (χ0n) is 14.0. The normalized spacial score (nSPS) is 18.0. The Hall–Kier alpha value is -1.79. The number of para-hydroxylation sites is 1. The first-order chi connectivity index (χ1) is 11.1. The number of piperazine rings is 1. The SMILES string of the molecule is COCN(CCCc1ccccc1N1CCN[C@@H](C)C1)C(=O)O. The molecule has 2 N–H and O–H groups in total. The second-order valence-electron chi connectivity index (χ2n) is 6.00. The van der Waals surface area contributed by atoms with Crippen LogP contribution in [0.5, 0.6) is 0 Å². The van der Waals surface area contributed by atoms with Gasteiger partial charge in [-0.05, 0) is 31.4 Å². The van der Waals surface area contributed by atoms with Crippen LogP contribution in [-0.2, 0) is 11.2 Å². The van der Waals surface area contributed by atoms with Crippen LogP contribution in [0.2, 0.25) is 0 Å². The minimum atomic E-state index is -0.934. The summed E-state index contributed by atoms with van der Waals surface area (Å²) in [5, 5.41) is 12.6. The second-order valence-corrected chi connectivity index (χ2v) is 6.00. The standard InChI is InChI=1S/C17H27N3O3/c1-14-12-19(11-9-18-14)16-8-4-3-6-15(16)7-5-10-20(13-23-2)17(21)22/h3-4,6,8,14,18H,5,7,9-13H2,1-2H3,(H,21,22)/t14-/m0/s1. The average Bonchev–Trinajstić information content (AvgIpc) is 2.54. The van der Waals surface area contributed by atoms with Gasteiger partial charge in [0, 0.05) is 45.0 Å². The van der Waals surface area contributed by atoms with Gasteiger partial charge >= 0.3 is 6.09 Å². The van der Waals surface area contributed by atoms with E-state index in [0.717, 1.165) is 32.5 Å². The summed E-state index contributed by atoms with van der Waals surface area (Å²) in [6.45, 7) is 5.80. The Balaban J connectivity index is 1.96. The summed E-state index contributed by atoms with van der Waals surface area (Å²) in [5.41, 5.74) is 2.55. The van der Waals surface area contributed by atoms with Gasteiger partial charge in [0.05, 0.1) is 0 Å². The van der Waals surface area contributed by atoms with Crippen molar-refractivity contribution in [2.75, 3.05) is 44.9 Å². The molecule has 1 aromatic carbocycles. The lowest BCUT2D eigenvalue weighted by Crippen LogP contribution is -2.49. The van der Waals surface area contributed by atoms with Crippen molar-refractivity contribution >= 4 is 11.8 Å². The van der Waals surface area contributed by atoms with Crippen LogP contribution in [0.1, 0.15) is 18.9 Å². The molecule has 0 aliphatic carbocycles. The molecule has 1 aromatic rings. The van der Waals surface area contributed by atoms with Crippen molar-refractivity contribution in [3.63, 3.8) is 0 Å². The summed E-state index contributed by atoms with van der Waals surface area (Å²) in [5.74, 6) is 0. The van der Waals surface area contributed by atoms with E-state index >= 15 is 0 Å². The van der Waals surface area contributed by atoms with E-state index in [4.69, 9.17) is 9.84 Å². The third-order valence-corrected chi connectivity index (χ3v) is 4.13. The Kier molecular flexibility index (Phi) is 6.67. The highest BCUT2D eigenvalue weighted by Crippen LogP contribution is 2.23. The second kappa shape index (κ2) is 8.74. The van der Waals surface area contributed by atoms with E-state index < -0.39 is 6.09 Å². The number of anilines is 1. The first-order valence-electron chi connectivity index (χ1n) is 8.15. The van der Waals surface area contributed by atoms with Crippen LogP contribution >= 0.6 is 0 Å². The highest BCUT2D eigenvalue weighted by Gasteiger charge is 2.18. The van der Waals surface area contributed by atoms with Crippen LogP contribution in [0.25, 0.3) is 0 Å². The van der Waals surface area contributed by atoms with Crippen LogP contribution < -0.4 is 10.2 Å². The van der Waals surface area contributed by atoms with Gasteiger partial charge in [0.1, 0.15) is 6.73 Å². The molecule has 6 nitrogen and oxygen atoms in total. The Labute approximate surface area is 138 Å². The summed E-state index contributed by atoms with van der Waals surface area (Å²) < 4.78 is 4.93. The number of ether oxygens (including phenoxy) is 1. The van der Waals surface area contributed by atoms with Gasteiger partial charge in [-0.2, -0.15) is 0 Å². The third-order valence-electron chi connectivity index (χ3n) is 4.13. The van der Waals surface area contributed by atoms with E-state index in [1.165, 1.54) is 23.3 Å². The molecule has 0 spiro atoms. The maximum Gasteiger partial charge on any atom is 0.409 e. The van der Waals surface area contributed by atoms with Gasteiger partial charge in [0.25, 0.3) is 0 Å². The van der Waals surface area contributed by atoms with E-state index in [1.54, 1.807) is 0 Å². The minimum absolute atomic E-state index is 0.117. The fourth-order valence-electron chi connectivity index (χ4n) is 3.01. The van der Waals surface area contributed by atoms with E-state index in [-0.39, 0.29) is 6.73 Å². The lowest BCUT2D eigenvalue weighted by molar-refractivity contribution is 0.0593. The molecule has 0 saturated carbocycles. The molecule has 1 aliphatic heterocycles. The fraction of sp³-hybridized carbons (Fsp3) is 0.588. The Morgan fingerprint density at radius 3 is 2.96 bits per heavy atom. The molecule has 0 radical (unpaired) electrons. The number of nitrogens with one attached hydrogen (secondary N) is 1. The number of methoxy groups -OCH3 is 1. The summed E-state index contributed by atoms with van der Waals surface area (Å²) in [6.07, 6.45) is 0.715. The number of carboxylic acid groups (broad SMARTS) is 1. The molecule has 23 heavy (non-hydrogen) atoms. The fourth-order valence-corrected chi connectivity index (χ4v) is 3.01. The monoisotopic (exact) mass is 321 g/mol. The summed E-state index contributed by atoms with van der Waals surface area (Å²) in [7, 11) is 1.51. The summed E-state index contributed by atoms with van der Waals surface area (Å²) in [6, 6.07) is 8.91. The number of aryl methyl sites for hydroxylation is 1. The Morgan fingerprint density at radius 2 is 2.26 bits per heavy atom. The van der Waals surface area contributed by atoms with Crippen LogP contribution in [0.15, 0.2) is 24.3 Å². The molecular weight excluding hydrogens is 294 g/mol. The van der Waals surface area contributed by atoms with Gasteiger partial charge in [-0.15, -0.1) is 0 Å². The molecular formula is C17H27N3O3. The molecule has 1 aliphatic rings. The molecule has 0 unspecified atom stereocenters. The third kappa shape index (κ3) is 5.11. The molecule has 0 bridgehead atoms. The van der Waals surface area contributed by atoms with Crippen molar-refractivity contribution < 1.29 is 14.6 Å². The predicted octanol–water partition coefficient (Wildman–Crippen LogP) is 2.00. The number of hydrogen-bond donors (Lipinski definition) is 2. The average molecular weight is 321 g/mol. The first-order valence-corrected chi connectivity index (χ1v) is 8.15. The van der Waals surface area contributed by atoms with Crippen molar-refractivity contribution in [1.29, 1.82) is 0 Å². The van der Waals surface area contributed by atoms with E-state index in [9.17, 15) is 4.79 Å². The number of nitrogens with zero attached hydrogens (tertiary/aromatic N) is 2. The van der Waals surface area contributed by atoms with Crippen molar-refractivity contribution in [2.24, 2.45) is 0 Å². The largest absolute Gasteiger partial charge is 0.465 e. The van der Waals surface area contributed by atoms with Gasteiger partial charge < -0.3 is 20.1 Å². The van der Waals surface area contributed by atoms with Crippen molar-refractivity contribution in [3.8, 4) is 0 Å². The van der Waals surface area contributed by atoms with Gasteiger partial charge in [-0.25, -0.2) is 4.79 Å². The first kappa shape index (κ1) is 17.6. The van der Waals surface area contributed by atoms with Crippen molar-refractivity contribution in [2.45, 2.75) is 25.8 Å². The van der Waals surface area contributed by atoms with Gasteiger partial charge in [-0.3, -0.25) is 4.90 Å². The number of hydrogen-bond acceptors (Lipinski definition) is 4. The zero-order chi connectivity index (χ0) is 16.7. The Bertz CT molecular complexity index is 510. The molecule has 2 rings (SSSR count). The highest BCUT2D eigenvalue weighted by molar-refractivity contribution is 5.64. The number of benzene rings is 1. The minimum Gasteiger partial charge on any atom is -0.465 e. The highest BCUT2D eigenvalue weighted by atomic mass is 16.5. The molecule has 6 heteroatoms. The molecule has 1 saturated heterocycles. The van der Waals surface area contributed by atoms with E-state index in [2.05, 4.69) is 41.4 Å². The van der Waals surface area contributed by atoms with Crippen LogP contribution in [0.4, 0.5) is 10.5 Å². The Morgan fingerprint density at radius 1 is 1.48 bits per heavy atom. The number of rotatable bonds is 7. The van der Waals surface area contributed by atoms with Crippen molar-refractivity contribution in [3.05, 3.63) is 29.8 Å². The number of carbonyl (C=O) groups is 1. The maximum atomic E-state index is 11.1. The molecule has 1 amide bonds. The topological polar surface area (TPSA) is 65.0 Å². The summed E-state index contributed by atoms with van der Waals surface area (Å²) >= 11 is 0. The summed E-state index contributed by atoms with van der Waals surface area (Å²) in [4.78, 5) is 14.8. The molecule has 128 valence electrons. The number of amides is 1. The molecule has 1 fully saturated rings.